The van der Waals surface area contributed by atoms with E-state index in [-0.39, 0.29) is 5.78 Å². The average Bonchev–Trinajstić information content (AvgIpc) is 3.09. The zero-order valence-corrected chi connectivity index (χ0v) is 12.3. The van der Waals surface area contributed by atoms with Gasteiger partial charge in [-0.1, -0.05) is 17.8 Å². The van der Waals surface area contributed by atoms with Gasteiger partial charge in [-0.2, -0.15) is 0 Å². The summed E-state index contributed by atoms with van der Waals surface area (Å²) in [5, 5.41) is 1.02. The Labute approximate surface area is 118 Å². The molecule has 1 aromatic heterocycles. The second kappa shape index (κ2) is 5.59. The van der Waals surface area contributed by atoms with Crippen molar-refractivity contribution in [1.29, 1.82) is 0 Å². The molecule has 3 rings (SSSR count). The van der Waals surface area contributed by atoms with Crippen LogP contribution in [0.1, 0.15) is 42.3 Å². The third kappa shape index (κ3) is 2.82. The molecule has 1 unspecified atom stereocenters. The molecule has 0 aliphatic carbocycles. The number of likely N-dealkylation sites (tertiary alicyclic amines) is 1. The lowest BCUT2D eigenvalue weighted by Gasteiger charge is -2.32. The van der Waals surface area contributed by atoms with Crippen LogP contribution in [0.3, 0.4) is 0 Å². The molecule has 0 saturated carbocycles. The largest absolute Gasteiger partial charge is 0.346 e. The van der Waals surface area contributed by atoms with E-state index in [1.807, 2.05) is 0 Å². The SMILES string of the molecule is CC(=O)c1cnc(N2CCC(N3CCCCC3)C2)s1. The highest BCUT2D eigenvalue weighted by molar-refractivity contribution is 7.17. The second-order valence-corrected chi connectivity index (χ2v) is 6.56. The summed E-state index contributed by atoms with van der Waals surface area (Å²) in [4.78, 5) is 21.5. The first-order chi connectivity index (χ1) is 9.24. The maximum Gasteiger partial charge on any atom is 0.185 e. The lowest BCUT2D eigenvalue weighted by atomic mass is 10.1. The van der Waals surface area contributed by atoms with Crippen LogP contribution in [0.5, 0.6) is 0 Å². The first-order valence-electron chi connectivity index (χ1n) is 7.20. The minimum absolute atomic E-state index is 0.121. The van der Waals surface area contributed by atoms with Crippen LogP contribution in [-0.2, 0) is 0 Å². The van der Waals surface area contributed by atoms with Gasteiger partial charge in [0.25, 0.3) is 0 Å². The van der Waals surface area contributed by atoms with Gasteiger partial charge >= 0.3 is 0 Å². The minimum atomic E-state index is 0.121. The standard InChI is InChI=1S/C14H21N3OS/c1-11(18)13-9-15-14(19-13)17-8-5-12(10-17)16-6-3-2-4-7-16/h9,12H,2-8,10H2,1H3. The Balaban J connectivity index is 1.62. The monoisotopic (exact) mass is 279 g/mol. The van der Waals surface area contributed by atoms with E-state index in [4.69, 9.17) is 0 Å². The molecule has 0 radical (unpaired) electrons. The molecule has 2 fully saturated rings. The van der Waals surface area contributed by atoms with E-state index in [0.29, 0.717) is 6.04 Å². The number of nitrogens with zero attached hydrogens (tertiary/aromatic N) is 3. The van der Waals surface area contributed by atoms with Crippen LogP contribution in [-0.4, -0.2) is 47.9 Å². The highest BCUT2D eigenvalue weighted by Gasteiger charge is 2.29. The molecule has 4 nitrogen and oxygen atoms in total. The summed E-state index contributed by atoms with van der Waals surface area (Å²) in [6, 6.07) is 0.685. The fraction of sp³-hybridized carbons (Fsp3) is 0.714. The van der Waals surface area contributed by atoms with E-state index >= 15 is 0 Å². The van der Waals surface area contributed by atoms with Crippen LogP contribution < -0.4 is 4.90 Å². The topological polar surface area (TPSA) is 36.4 Å². The summed E-state index contributed by atoms with van der Waals surface area (Å²) in [5.41, 5.74) is 0. The molecule has 2 saturated heterocycles. The van der Waals surface area contributed by atoms with E-state index in [2.05, 4.69) is 14.8 Å². The molecular weight excluding hydrogens is 258 g/mol. The zero-order chi connectivity index (χ0) is 13.2. The normalized spacial score (nSPS) is 24.9. The smallest absolute Gasteiger partial charge is 0.185 e. The molecule has 0 spiro atoms. The fourth-order valence-electron chi connectivity index (χ4n) is 3.07. The van der Waals surface area contributed by atoms with E-state index in [0.717, 1.165) is 23.1 Å². The summed E-state index contributed by atoms with van der Waals surface area (Å²) < 4.78 is 0. The third-order valence-electron chi connectivity index (χ3n) is 4.18. The van der Waals surface area contributed by atoms with Gasteiger partial charge in [0.2, 0.25) is 0 Å². The van der Waals surface area contributed by atoms with Gasteiger partial charge in [0.05, 0.1) is 11.1 Å². The maximum absolute atomic E-state index is 11.3. The fourth-order valence-corrected chi connectivity index (χ4v) is 3.92. The van der Waals surface area contributed by atoms with Gasteiger partial charge in [0, 0.05) is 26.1 Å². The molecular formula is C14H21N3OS. The van der Waals surface area contributed by atoms with Gasteiger partial charge in [-0.15, -0.1) is 0 Å². The van der Waals surface area contributed by atoms with E-state index in [9.17, 15) is 4.79 Å². The van der Waals surface area contributed by atoms with Crippen LogP contribution >= 0.6 is 11.3 Å². The summed E-state index contributed by atoms with van der Waals surface area (Å²) in [5.74, 6) is 0.121. The van der Waals surface area contributed by atoms with Crippen LogP contribution in [0, 0.1) is 0 Å². The Hall–Kier alpha value is -0.940. The Kier molecular flexibility index (Phi) is 3.84. The number of hydrogen-bond acceptors (Lipinski definition) is 5. The molecule has 0 bridgehead atoms. The van der Waals surface area contributed by atoms with Crippen LogP contribution in [0.2, 0.25) is 0 Å². The van der Waals surface area contributed by atoms with Crippen molar-refractivity contribution in [2.75, 3.05) is 31.1 Å². The number of piperidine rings is 1. The first kappa shape index (κ1) is 13.1. The summed E-state index contributed by atoms with van der Waals surface area (Å²) in [6.07, 6.45) is 7.04. The van der Waals surface area contributed by atoms with Crippen molar-refractivity contribution < 1.29 is 4.79 Å². The molecule has 1 atom stereocenters. The summed E-state index contributed by atoms with van der Waals surface area (Å²) >= 11 is 1.53. The molecule has 2 aliphatic heterocycles. The molecule has 0 N–H and O–H groups in total. The van der Waals surface area contributed by atoms with Gasteiger partial charge in [0.15, 0.2) is 10.9 Å². The van der Waals surface area contributed by atoms with Crippen molar-refractivity contribution in [2.45, 2.75) is 38.6 Å². The Morgan fingerprint density at radius 3 is 2.79 bits per heavy atom. The number of thiazole rings is 1. The molecule has 5 heteroatoms. The number of ketones is 1. The zero-order valence-electron chi connectivity index (χ0n) is 11.5. The van der Waals surface area contributed by atoms with E-state index < -0.39 is 0 Å². The van der Waals surface area contributed by atoms with Crippen molar-refractivity contribution >= 4 is 22.3 Å². The maximum atomic E-state index is 11.3. The number of carbonyl (C=O) groups excluding carboxylic acids is 1. The lowest BCUT2D eigenvalue weighted by molar-refractivity contribution is 0.102. The average molecular weight is 279 g/mol. The number of anilines is 1. The van der Waals surface area contributed by atoms with Crippen molar-refractivity contribution in [2.24, 2.45) is 0 Å². The molecule has 0 aromatic carbocycles. The molecule has 3 heterocycles. The number of aromatic nitrogens is 1. The van der Waals surface area contributed by atoms with Gasteiger partial charge in [-0.25, -0.2) is 4.98 Å². The van der Waals surface area contributed by atoms with Crippen molar-refractivity contribution in [3.63, 3.8) is 0 Å². The van der Waals surface area contributed by atoms with Crippen molar-refractivity contribution in [3.05, 3.63) is 11.1 Å². The summed E-state index contributed by atoms with van der Waals surface area (Å²) in [7, 11) is 0. The minimum Gasteiger partial charge on any atom is -0.346 e. The highest BCUT2D eigenvalue weighted by Crippen LogP contribution is 2.28. The van der Waals surface area contributed by atoms with Crippen molar-refractivity contribution in [3.8, 4) is 0 Å². The van der Waals surface area contributed by atoms with E-state index in [1.54, 1.807) is 13.1 Å². The van der Waals surface area contributed by atoms with Crippen molar-refractivity contribution in [1.82, 2.24) is 9.88 Å². The number of carbonyl (C=O) groups is 1. The molecule has 0 amide bonds. The Morgan fingerprint density at radius 2 is 2.11 bits per heavy atom. The predicted octanol–water partition coefficient (Wildman–Crippen LogP) is 2.41. The number of Topliss-reactive ketones (excluding diaryl/α,β-unsaturated/α-hetero) is 1. The van der Waals surface area contributed by atoms with Crippen LogP contribution in [0.15, 0.2) is 6.20 Å². The number of rotatable bonds is 3. The Bertz CT molecular complexity index is 453. The Morgan fingerprint density at radius 1 is 1.32 bits per heavy atom. The van der Waals surface area contributed by atoms with Gasteiger partial charge in [0.1, 0.15) is 0 Å². The lowest BCUT2D eigenvalue weighted by Crippen LogP contribution is -2.40. The molecule has 1 aromatic rings. The first-order valence-corrected chi connectivity index (χ1v) is 8.01. The molecule has 104 valence electrons. The highest BCUT2D eigenvalue weighted by atomic mass is 32.1. The number of hydrogen-bond donors (Lipinski definition) is 0. The quantitative estimate of drug-likeness (QED) is 0.796. The van der Waals surface area contributed by atoms with E-state index in [1.165, 1.54) is 50.1 Å². The second-order valence-electron chi connectivity index (χ2n) is 5.55. The molecule has 19 heavy (non-hydrogen) atoms. The van der Waals surface area contributed by atoms with Crippen LogP contribution in [0.4, 0.5) is 5.13 Å². The van der Waals surface area contributed by atoms with Gasteiger partial charge < -0.3 is 4.90 Å². The summed E-state index contributed by atoms with van der Waals surface area (Å²) in [6.45, 7) is 6.28. The van der Waals surface area contributed by atoms with Gasteiger partial charge in [-0.05, 0) is 32.4 Å². The third-order valence-corrected chi connectivity index (χ3v) is 5.34. The van der Waals surface area contributed by atoms with Crippen LogP contribution in [0.25, 0.3) is 0 Å². The van der Waals surface area contributed by atoms with Gasteiger partial charge in [-0.3, -0.25) is 9.69 Å². The predicted molar refractivity (Wildman–Crippen MR) is 78.2 cm³/mol. The molecule has 2 aliphatic rings.